The lowest BCUT2D eigenvalue weighted by molar-refractivity contribution is -0.274. The summed E-state index contributed by atoms with van der Waals surface area (Å²) in [5.74, 6) is -1.92. The van der Waals surface area contributed by atoms with Gasteiger partial charge >= 0.3 is 6.36 Å². The van der Waals surface area contributed by atoms with Gasteiger partial charge in [-0.1, -0.05) is 42.5 Å². The highest BCUT2D eigenvalue weighted by Crippen LogP contribution is 2.29. The van der Waals surface area contributed by atoms with Gasteiger partial charge in [0.05, 0.1) is 6.54 Å². The number of hydrogen-bond donors (Lipinski definition) is 1. The van der Waals surface area contributed by atoms with Crippen LogP contribution in [0.4, 0.5) is 22.0 Å². The zero-order chi connectivity index (χ0) is 26.6. The largest absolute Gasteiger partial charge is 0.573 e. The van der Waals surface area contributed by atoms with E-state index in [4.69, 9.17) is 0 Å². The van der Waals surface area contributed by atoms with Crippen molar-refractivity contribution in [1.29, 1.82) is 0 Å². The molecule has 0 saturated heterocycles. The van der Waals surface area contributed by atoms with Crippen molar-refractivity contribution in [1.82, 2.24) is 19.7 Å². The molecule has 0 bridgehead atoms. The zero-order valence-electron chi connectivity index (χ0n) is 19.7. The molecule has 4 aromatic rings. The van der Waals surface area contributed by atoms with E-state index < -0.39 is 23.6 Å². The Labute approximate surface area is 209 Å². The predicted octanol–water partition coefficient (Wildman–Crippen LogP) is 5.14. The normalized spacial score (nSPS) is 13.5. The van der Waals surface area contributed by atoms with Crippen molar-refractivity contribution in [2.75, 3.05) is 13.6 Å². The molecule has 0 aliphatic rings. The van der Waals surface area contributed by atoms with E-state index in [9.17, 15) is 27.1 Å². The second kappa shape index (κ2) is 10.7. The van der Waals surface area contributed by atoms with Crippen molar-refractivity contribution < 1.29 is 31.8 Å². The molecule has 1 unspecified atom stereocenters. The highest BCUT2D eigenvalue weighted by Gasteiger charge is 2.35. The number of alkyl halides is 3. The van der Waals surface area contributed by atoms with Gasteiger partial charge in [-0.25, -0.2) is 18.4 Å². The van der Waals surface area contributed by atoms with Gasteiger partial charge in [-0.05, 0) is 41.9 Å². The van der Waals surface area contributed by atoms with Crippen molar-refractivity contribution in [3.05, 3.63) is 102 Å². The fraction of sp³-hybridized carbons (Fsp3) is 0.231. The summed E-state index contributed by atoms with van der Waals surface area (Å²) < 4.78 is 70.5. The molecule has 11 heteroatoms. The molecule has 0 saturated carbocycles. The van der Waals surface area contributed by atoms with Crippen molar-refractivity contribution >= 4 is 0 Å². The number of rotatable bonds is 9. The SMILES string of the molecule is CN(Cc1ccc(-c2ccc(OC(F)(F)F)cc2)cc1)CC(O)(Cn1cncn1)c1ccc(F)cc1F. The molecule has 6 nitrogen and oxygen atoms in total. The van der Waals surface area contributed by atoms with Crippen LogP contribution < -0.4 is 4.74 Å². The maximum Gasteiger partial charge on any atom is 0.573 e. The third-order valence-electron chi connectivity index (χ3n) is 5.68. The lowest BCUT2D eigenvalue weighted by Gasteiger charge is -2.33. The minimum atomic E-state index is -4.75. The van der Waals surface area contributed by atoms with Crippen LogP contribution in [0.2, 0.25) is 0 Å². The summed E-state index contributed by atoms with van der Waals surface area (Å²) in [5.41, 5.74) is 0.584. The van der Waals surface area contributed by atoms with Gasteiger partial charge in [0.1, 0.15) is 35.6 Å². The van der Waals surface area contributed by atoms with Gasteiger partial charge < -0.3 is 9.84 Å². The van der Waals surface area contributed by atoms with Gasteiger partial charge in [0.25, 0.3) is 0 Å². The van der Waals surface area contributed by atoms with Crippen LogP contribution in [0.15, 0.2) is 79.4 Å². The molecule has 194 valence electrons. The second-order valence-electron chi connectivity index (χ2n) is 8.69. The number of benzene rings is 3. The summed E-state index contributed by atoms with van der Waals surface area (Å²) in [6.45, 7) is 0.284. The summed E-state index contributed by atoms with van der Waals surface area (Å²) in [5, 5.41) is 15.5. The molecule has 0 aliphatic carbocycles. The van der Waals surface area contributed by atoms with Gasteiger partial charge in [-0.3, -0.25) is 4.90 Å². The molecule has 37 heavy (non-hydrogen) atoms. The fourth-order valence-electron chi connectivity index (χ4n) is 4.14. The molecule has 1 heterocycles. The quantitative estimate of drug-likeness (QED) is 0.311. The summed E-state index contributed by atoms with van der Waals surface area (Å²) in [4.78, 5) is 5.64. The van der Waals surface area contributed by atoms with E-state index in [2.05, 4.69) is 14.8 Å². The number of ether oxygens (including phenoxy) is 1. The van der Waals surface area contributed by atoms with Gasteiger partial charge in [-0.15, -0.1) is 13.2 Å². The van der Waals surface area contributed by atoms with Gasteiger partial charge in [0.2, 0.25) is 0 Å². The average Bonchev–Trinajstić information content (AvgIpc) is 3.31. The first-order chi connectivity index (χ1) is 17.5. The van der Waals surface area contributed by atoms with Crippen LogP contribution in [0.3, 0.4) is 0 Å². The topological polar surface area (TPSA) is 63.4 Å². The molecule has 0 fully saturated rings. The molecule has 1 N–H and O–H groups in total. The zero-order valence-corrected chi connectivity index (χ0v) is 19.7. The Kier molecular flexibility index (Phi) is 7.55. The van der Waals surface area contributed by atoms with Crippen LogP contribution >= 0.6 is 0 Å². The summed E-state index contributed by atoms with van der Waals surface area (Å²) in [6, 6.07) is 15.9. The van der Waals surface area contributed by atoms with Crippen molar-refractivity contribution in [2.45, 2.75) is 25.1 Å². The summed E-state index contributed by atoms with van der Waals surface area (Å²) in [7, 11) is 1.75. The standard InChI is InChI=1S/C26H23F5N4O2/c1-34(14-25(36,15-35-17-32-16-33-35)23-11-8-21(27)12-24(23)28)13-18-2-4-19(5-3-18)20-6-9-22(10-7-20)37-26(29,30)31/h2-12,16-17,36H,13-15H2,1H3. The number of hydrogen-bond acceptors (Lipinski definition) is 5. The number of halogens is 5. The van der Waals surface area contributed by atoms with Crippen LogP contribution in [0.25, 0.3) is 11.1 Å². The lowest BCUT2D eigenvalue weighted by Crippen LogP contribution is -2.43. The van der Waals surface area contributed by atoms with Crippen molar-refractivity contribution in [3.8, 4) is 16.9 Å². The first kappa shape index (κ1) is 26.2. The maximum absolute atomic E-state index is 14.6. The van der Waals surface area contributed by atoms with Crippen LogP contribution in [0.1, 0.15) is 11.1 Å². The monoisotopic (exact) mass is 518 g/mol. The van der Waals surface area contributed by atoms with E-state index in [1.54, 1.807) is 11.9 Å². The molecule has 3 aromatic carbocycles. The van der Waals surface area contributed by atoms with Gasteiger partial charge in [-0.2, -0.15) is 5.10 Å². The first-order valence-corrected chi connectivity index (χ1v) is 11.1. The van der Waals surface area contributed by atoms with E-state index >= 15 is 0 Å². The van der Waals surface area contributed by atoms with Crippen LogP contribution in [0.5, 0.6) is 5.75 Å². The van der Waals surface area contributed by atoms with Crippen LogP contribution in [-0.2, 0) is 18.7 Å². The van der Waals surface area contributed by atoms with Crippen molar-refractivity contribution in [3.63, 3.8) is 0 Å². The molecule has 0 amide bonds. The van der Waals surface area contributed by atoms with Gasteiger partial charge in [0.15, 0.2) is 0 Å². The Balaban J connectivity index is 1.47. The van der Waals surface area contributed by atoms with Crippen LogP contribution in [-0.4, -0.2) is 44.7 Å². The van der Waals surface area contributed by atoms with Crippen molar-refractivity contribution in [2.24, 2.45) is 0 Å². The van der Waals surface area contributed by atoms with Crippen LogP contribution in [0, 0.1) is 11.6 Å². The minimum absolute atomic E-state index is 0.00215. The summed E-state index contributed by atoms with van der Waals surface area (Å²) in [6.07, 6.45) is -2.06. The number of likely N-dealkylation sites (N-methyl/N-ethyl adjacent to an activating group) is 1. The Hall–Kier alpha value is -3.83. The predicted molar refractivity (Wildman–Crippen MR) is 125 cm³/mol. The fourth-order valence-corrected chi connectivity index (χ4v) is 4.14. The highest BCUT2D eigenvalue weighted by atomic mass is 19.4. The Bertz CT molecular complexity index is 1310. The second-order valence-corrected chi connectivity index (χ2v) is 8.69. The Morgan fingerprint density at radius 3 is 2.16 bits per heavy atom. The lowest BCUT2D eigenvalue weighted by atomic mass is 9.92. The van der Waals surface area contributed by atoms with E-state index in [-0.39, 0.29) is 24.4 Å². The molecule has 1 atom stereocenters. The van der Waals surface area contributed by atoms with E-state index in [1.807, 2.05) is 24.3 Å². The van der Waals surface area contributed by atoms with Gasteiger partial charge in [0, 0.05) is 24.7 Å². The maximum atomic E-state index is 14.6. The number of aliphatic hydroxyl groups is 1. The van der Waals surface area contributed by atoms with E-state index in [0.717, 1.165) is 23.3 Å². The molecule has 0 spiro atoms. The molecule has 4 rings (SSSR count). The third kappa shape index (κ3) is 6.89. The molecular formula is C26H23F5N4O2. The first-order valence-electron chi connectivity index (χ1n) is 11.1. The number of nitrogens with zero attached hydrogens (tertiary/aromatic N) is 4. The smallest absolute Gasteiger partial charge is 0.406 e. The third-order valence-corrected chi connectivity index (χ3v) is 5.68. The van der Waals surface area contributed by atoms with E-state index in [1.165, 1.54) is 47.7 Å². The Morgan fingerprint density at radius 1 is 0.946 bits per heavy atom. The Morgan fingerprint density at radius 2 is 1.59 bits per heavy atom. The highest BCUT2D eigenvalue weighted by molar-refractivity contribution is 5.64. The molecule has 1 aromatic heterocycles. The molecule has 0 aliphatic heterocycles. The molecule has 0 radical (unpaired) electrons. The summed E-state index contributed by atoms with van der Waals surface area (Å²) >= 11 is 0. The minimum Gasteiger partial charge on any atom is -0.406 e. The number of aromatic nitrogens is 3. The van der Waals surface area contributed by atoms with E-state index in [0.29, 0.717) is 12.1 Å². The average molecular weight is 518 g/mol. The molecular weight excluding hydrogens is 495 g/mol.